The van der Waals surface area contributed by atoms with Gasteiger partial charge in [-0.3, -0.25) is 4.79 Å². The zero-order chi connectivity index (χ0) is 23.8. The number of ether oxygens (including phenoxy) is 1. The maximum Gasteiger partial charge on any atom is 0.306 e. The van der Waals surface area contributed by atoms with Crippen molar-refractivity contribution < 1.29 is 9.53 Å². The van der Waals surface area contributed by atoms with Crippen LogP contribution in [0.2, 0.25) is 0 Å². The predicted molar refractivity (Wildman–Crippen MR) is 138 cm³/mol. The van der Waals surface area contributed by atoms with Crippen LogP contribution in [0.3, 0.4) is 0 Å². The monoisotopic (exact) mass is 458 g/mol. The Morgan fingerprint density at radius 2 is 1.64 bits per heavy atom. The van der Waals surface area contributed by atoms with Crippen molar-refractivity contribution in [2.24, 2.45) is 58.2 Å². The van der Waals surface area contributed by atoms with Crippen molar-refractivity contribution in [3.8, 4) is 0 Å². The Morgan fingerprint density at radius 3 is 2.36 bits per heavy atom. The summed E-state index contributed by atoms with van der Waals surface area (Å²) >= 11 is 0. The molecule has 2 nitrogen and oxygen atoms in total. The molecule has 0 aromatic rings. The van der Waals surface area contributed by atoms with Gasteiger partial charge in [-0.1, -0.05) is 53.9 Å². The molecule has 0 radical (unpaired) electrons. The smallest absolute Gasteiger partial charge is 0.306 e. The molecular weight excluding hydrogens is 404 g/mol. The van der Waals surface area contributed by atoms with Crippen molar-refractivity contribution in [3.63, 3.8) is 0 Å². The van der Waals surface area contributed by atoms with Crippen LogP contribution in [0.15, 0.2) is 0 Å². The highest BCUT2D eigenvalue weighted by molar-refractivity contribution is 5.69. The van der Waals surface area contributed by atoms with E-state index in [2.05, 4.69) is 34.6 Å². The number of rotatable bonds is 8. The summed E-state index contributed by atoms with van der Waals surface area (Å²) in [7, 11) is 0. The third kappa shape index (κ3) is 4.93. The van der Waals surface area contributed by atoms with Gasteiger partial charge in [-0.25, -0.2) is 0 Å². The molecule has 4 aliphatic rings. The Hall–Kier alpha value is -0.530. The second-order valence-corrected chi connectivity index (χ2v) is 13.8. The Bertz CT molecular complexity index is 670. The van der Waals surface area contributed by atoms with E-state index < -0.39 is 0 Å². The second-order valence-electron chi connectivity index (χ2n) is 13.8. The van der Waals surface area contributed by atoms with E-state index in [4.69, 9.17) is 4.74 Å². The van der Waals surface area contributed by atoms with E-state index in [0.717, 1.165) is 41.4 Å². The van der Waals surface area contributed by atoms with Gasteiger partial charge in [0, 0.05) is 6.42 Å². The largest absolute Gasteiger partial charge is 0.466 e. The summed E-state index contributed by atoms with van der Waals surface area (Å²) < 4.78 is 5.28. The van der Waals surface area contributed by atoms with Crippen LogP contribution in [0.25, 0.3) is 0 Å². The summed E-state index contributed by atoms with van der Waals surface area (Å²) in [6.07, 6.45) is 17.6. The lowest BCUT2D eigenvalue weighted by Gasteiger charge is -2.61. The Kier molecular flexibility index (Phi) is 7.92. The third-order valence-corrected chi connectivity index (χ3v) is 11.7. The van der Waals surface area contributed by atoms with Gasteiger partial charge in [0.1, 0.15) is 0 Å². The average Bonchev–Trinajstić information content (AvgIpc) is 3.11. The first-order valence-corrected chi connectivity index (χ1v) is 14.8. The minimum atomic E-state index is 0.0349. The van der Waals surface area contributed by atoms with Crippen molar-refractivity contribution in [3.05, 3.63) is 0 Å². The average molecular weight is 459 g/mol. The van der Waals surface area contributed by atoms with Crippen LogP contribution in [0.5, 0.6) is 0 Å². The fourth-order valence-corrected chi connectivity index (χ4v) is 10.0. The molecule has 33 heavy (non-hydrogen) atoms. The van der Waals surface area contributed by atoms with Gasteiger partial charge in [-0.05, 0) is 123 Å². The van der Waals surface area contributed by atoms with E-state index in [9.17, 15) is 4.79 Å². The molecule has 0 aliphatic heterocycles. The van der Waals surface area contributed by atoms with E-state index >= 15 is 0 Å². The normalized spacial score (nSPS) is 43.5. The molecule has 0 saturated heterocycles. The minimum Gasteiger partial charge on any atom is -0.466 e. The number of carbonyl (C=O) groups excluding carboxylic acids is 1. The molecule has 1 unspecified atom stereocenters. The van der Waals surface area contributed by atoms with Gasteiger partial charge < -0.3 is 4.74 Å². The molecular formula is C31H54O2. The molecule has 190 valence electrons. The molecule has 0 N–H and O–H groups in total. The lowest BCUT2D eigenvalue weighted by molar-refractivity contribution is -0.147. The third-order valence-electron chi connectivity index (χ3n) is 11.7. The number of carbonyl (C=O) groups is 1. The Balaban J connectivity index is 1.40. The fraction of sp³-hybridized carbons (Fsp3) is 0.968. The summed E-state index contributed by atoms with van der Waals surface area (Å²) in [6.45, 7) is 15.2. The molecule has 0 spiro atoms. The molecule has 4 saturated carbocycles. The molecule has 9 atom stereocenters. The highest BCUT2D eigenvalue weighted by Crippen LogP contribution is 2.68. The highest BCUT2D eigenvalue weighted by atomic mass is 16.5. The quantitative estimate of drug-likeness (QED) is 0.340. The van der Waals surface area contributed by atoms with E-state index in [0.29, 0.717) is 29.8 Å². The molecule has 2 heteroatoms. The molecule has 4 fully saturated rings. The molecule has 0 aromatic heterocycles. The molecule has 0 amide bonds. The zero-order valence-electron chi connectivity index (χ0n) is 22.8. The first kappa shape index (κ1) is 25.6. The summed E-state index contributed by atoms with van der Waals surface area (Å²) in [6, 6.07) is 0. The van der Waals surface area contributed by atoms with E-state index in [1.54, 1.807) is 0 Å². The van der Waals surface area contributed by atoms with Crippen LogP contribution in [0.1, 0.15) is 125 Å². The number of fused-ring (bicyclic) bond motifs is 5. The first-order valence-electron chi connectivity index (χ1n) is 14.8. The van der Waals surface area contributed by atoms with Gasteiger partial charge in [0.05, 0.1) is 6.61 Å². The topological polar surface area (TPSA) is 26.3 Å². The van der Waals surface area contributed by atoms with Gasteiger partial charge in [-0.2, -0.15) is 0 Å². The molecule has 0 aromatic carbocycles. The van der Waals surface area contributed by atoms with E-state index in [-0.39, 0.29) is 5.97 Å². The van der Waals surface area contributed by atoms with Gasteiger partial charge >= 0.3 is 5.97 Å². The lowest BCUT2D eigenvalue weighted by Crippen LogP contribution is -2.53. The first-order chi connectivity index (χ1) is 15.7. The van der Waals surface area contributed by atoms with Crippen molar-refractivity contribution in [2.45, 2.75) is 125 Å². The van der Waals surface area contributed by atoms with Gasteiger partial charge in [0.15, 0.2) is 0 Å². The minimum absolute atomic E-state index is 0.0349. The van der Waals surface area contributed by atoms with Gasteiger partial charge in [-0.15, -0.1) is 0 Å². The van der Waals surface area contributed by atoms with E-state index in [1.807, 2.05) is 6.92 Å². The van der Waals surface area contributed by atoms with E-state index in [1.165, 1.54) is 77.0 Å². The summed E-state index contributed by atoms with van der Waals surface area (Å²) in [5.41, 5.74) is 1.12. The standard InChI is InChI=1S/C31H54O2/c1-7-33-29(32)20-23-15-17-30(5)24(19-23)11-12-25-27-14-13-26(22(4)10-8-9-21(2)3)31(27,6)18-16-28(25)30/h21-28H,7-20H2,1-6H3/t22-,23?,24+,25+,26-,27+,28+,30+,31-/m1/s1. The van der Waals surface area contributed by atoms with Crippen LogP contribution < -0.4 is 0 Å². The molecule has 0 bridgehead atoms. The lowest BCUT2D eigenvalue weighted by atomic mass is 9.44. The SMILES string of the molecule is CCOC(=O)CC1CC[C@@]2(C)[C@@H](CC[C@@H]3[C@@H]2CC[C@]2(C)[C@@H]([C@H](C)CCCC(C)C)CC[C@@H]32)C1. The van der Waals surface area contributed by atoms with Crippen molar-refractivity contribution in [1.82, 2.24) is 0 Å². The maximum absolute atomic E-state index is 12.1. The number of esters is 1. The fourth-order valence-electron chi connectivity index (χ4n) is 10.0. The van der Waals surface area contributed by atoms with Crippen LogP contribution >= 0.6 is 0 Å². The molecule has 0 heterocycles. The Morgan fingerprint density at radius 1 is 0.909 bits per heavy atom. The summed E-state index contributed by atoms with van der Waals surface area (Å²) in [4.78, 5) is 12.1. The van der Waals surface area contributed by atoms with Crippen molar-refractivity contribution in [1.29, 1.82) is 0 Å². The van der Waals surface area contributed by atoms with Crippen molar-refractivity contribution >= 4 is 5.97 Å². The van der Waals surface area contributed by atoms with Crippen LogP contribution in [0.4, 0.5) is 0 Å². The van der Waals surface area contributed by atoms with Crippen LogP contribution in [0, 0.1) is 58.2 Å². The second kappa shape index (κ2) is 10.2. The van der Waals surface area contributed by atoms with Gasteiger partial charge in [0.25, 0.3) is 0 Å². The van der Waals surface area contributed by atoms with Crippen LogP contribution in [-0.2, 0) is 9.53 Å². The molecule has 4 aliphatic carbocycles. The maximum atomic E-state index is 12.1. The Labute approximate surface area is 205 Å². The number of hydrogen-bond donors (Lipinski definition) is 0. The zero-order valence-corrected chi connectivity index (χ0v) is 22.8. The predicted octanol–water partition coefficient (Wildman–Crippen LogP) is 8.68. The van der Waals surface area contributed by atoms with Crippen LogP contribution in [-0.4, -0.2) is 12.6 Å². The van der Waals surface area contributed by atoms with Gasteiger partial charge in [0.2, 0.25) is 0 Å². The number of hydrogen-bond acceptors (Lipinski definition) is 2. The molecule has 4 rings (SSSR count). The summed E-state index contributed by atoms with van der Waals surface area (Å²) in [5, 5.41) is 0. The summed E-state index contributed by atoms with van der Waals surface area (Å²) in [5.74, 6) is 7.03. The highest BCUT2D eigenvalue weighted by Gasteiger charge is 2.60. The van der Waals surface area contributed by atoms with Crippen molar-refractivity contribution in [2.75, 3.05) is 6.61 Å².